The summed E-state index contributed by atoms with van der Waals surface area (Å²) < 4.78 is 24.4. The molecule has 2 N–H and O–H groups in total. The number of aliphatic hydroxyl groups is 1. The highest BCUT2D eigenvalue weighted by atomic mass is 79.9. The number of benzene rings is 1. The molecule has 1 unspecified atom stereocenters. The van der Waals surface area contributed by atoms with Crippen molar-refractivity contribution in [1.82, 2.24) is 0 Å². The van der Waals surface area contributed by atoms with E-state index in [9.17, 15) is 9.50 Å². The Hall–Kier alpha value is -0.690. The summed E-state index contributed by atoms with van der Waals surface area (Å²) >= 11 is 3.25. The third kappa shape index (κ3) is 6.33. The van der Waals surface area contributed by atoms with Crippen molar-refractivity contribution in [1.29, 1.82) is 0 Å². The van der Waals surface area contributed by atoms with Gasteiger partial charge in [-0.2, -0.15) is 0 Å². The molecule has 0 bridgehead atoms. The maximum atomic E-state index is 13.5. The van der Waals surface area contributed by atoms with E-state index < -0.39 is 6.10 Å². The van der Waals surface area contributed by atoms with Gasteiger partial charge < -0.3 is 19.9 Å². The van der Waals surface area contributed by atoms with Gasteiger partial charge >= 0.3 is 0 Å². The van der Waals surface area contributed by atoms with Crippen LogP contribution in [0.4, 0.5) is 10.1 Å². The van der Waals surface area contributed by atoms with Gasteiger partial charge in [0, 0.05) is 17.6 Å². The van der Waals surface area contributed by atoms with Crippen LogP contribution in [0.1, 0.15) is 6.92 Å². The van der Waals surface area contributed by atoms with Crippen LogP contribution >= 0.6 is 15.9 Å². The standard InChI is InChI=1S/C13H19BrFNO3/c1-2-18-6-7-19-9-10(17)8-16-13-11(14)4-3-5-12(13)15/h3-5,10,16-17H,2,6-9H2,1H3. The number of aliphatic hydroxyl groups excluding tert-OH is 1. The molecule has 1 aromatic rings. The molecule has 0 fully saturated rings. The monoisotopic (exact) mass is 335 g/mol. The van der Waals surface area contributed by atoms with Crippen molar-refractivity contribution >= 4 is 21.6 Å². The third-order valence-corrected chi connectivity index (χ3v) is 3.02. The average molecular weight is 336 g/mol. The second-order valence-electron chi connectivity index (χ2n) is 3.90. The lowest BCUT2D eigenvalue weighted by atomic mass is 10.3. The van der Waals surface area contributed by atoms with Crippen LogP contribution in [0, 0.1) is 5.82 Å². The first-order valence-electron chi connectivity index (χ1n) is 6.16. The van der Waals surface area contributed by atoms with E-state index in [4.69, 9.17) is 9.47 Å². The molecule has 0 heterocycles. The van der Waals surface area contributed by atoms with Crippen molar-refractivity contribution in [3.63, 3.8) is 0 Å². The SMILES string of the molecule is CCOCCOCC(O)CNc1c(F)cccc1Br. The second kappa shape index (κ2) is 9.25. The molecule has 0 saturated carbocycles. The zero-order valence-corrected chi connectivity index (χ0v) is 12.5. The number of halogens is 2. The van der Waals surface area contributed by atoms with Crippen molar-refractivity contribution in [3.05, 3.63) is 28.5 Å². The predicted molar refractivity (Wildman–Crippen MR) is 75.9 cm³/mol. The molecule has 0 amide bonds. The van der Waals surface area contributed by atoms with E-state index in [0.29, 0.717) is 30.0 Å². The van der Waals surface area contributed by atoms with Crippen LogP contribution in [0.2, 0.25) is 0 Å². The zero-order valence-electron chi connectivity index (χ0n) is 10.9. The first-order chi connectivity index (χ1) is 9.15. The van der Waals surface area contributed by atoms with Gasteiger partial charge in [-0.1, -0.05) is 6.07 Å². The Morgan fingerprint density at radius 3 is 2.79 bits per heavy atom. The van der Waals surface area contributed by atoms with Crippen molar-refractivity contribution < 1.29 is 19.0 Å². The van der Waals surface area contributed by atoms with Crippen molar-refractivity contribution in [2.24, 2.45) is 0 Å². The summed E-state index contributed by atoms with van der Waals surface area (Å²) in [6, 6.07) is 4.70. The highest BCUT2D eigenvalue weighted by molar-refractivity contribution is 9.10. The van der Waals surface area contributed by atoms with Crippen LogP contribution in [0.25, 0.3) is 0 Å². The van der Waals surface area contributed by atoms with Crippen LogP contribution in [0.15, 0.2) is 22.7 Å². The molecule has 19 heavy (non-hydrogen) atoms. The Bertz CT molecular complexity index is 359. The minimum Gasteiger partial charge on any atom is -0.389 e. The van der Waals surface area contributed by atoms with E-state index >= 15 is 0 Å². The molecule has 1 atom stereocenters. The fraction of sp³-hybridized carbons (Fsp3) is 0.538. The Labute approximate surface area is 121 Å². The van der Waals surface area contributed by atoms with Crippen molar-refractivity contribution in [2.75, 3.05) is 38.3 Å². The second-order valence-corrected chi connectivity index (χ2v) is 4.76. The van der Waals surface area contributed by atoms with E-state index in [1.54, 1.807) is 12.1 Å². The molecule has 0 radical (unpaired) electrons. The first-order valence-corrected chi connectivity index (χ1v) is 6.96. The molecule has 1 rings (SSSR count). The maximum Gasteiger partial charge on any atom is 0.147 e. The summed E-state index contributed by atoms with van der Waals surface area (Å²) in [4.78, 5) is 0. The molecule has 0 spiro atoms. The van der Waals surface area contributed by atoms with Crippen LogP contribution in [0.3, 0.4) is 0 Å². The molecule has 108 valence electrons. The Morgan fingerprint density at radius 2 is 2.11 bits per heavy atom. The quantitative estimate of drug-likeness (QED) is 0.680. The summed E-state index contributed by atoms with van der Waals surface area (Å²) in [5.74, 6) is -0.362. The number of hydrogen-bond acceptors (Lipinski definition) is 4. The van der Waals surface area contributed by atoms with E-state index in [1.165, 1.54) is 6.07 Å². The lowest BCUT2D eigenvalue weighted by molar-refractivity contribution is 0.0103. The average Bonchev–Trinajstić information content (AvgIpc) is 2.38. The highest BCUT2D eigenvalue weighted by Crippen LogP contribution is 2.24. The van der Waals surface area contributed by atoms with Gasteiger partial charge in [0.05, 0.1) is 31.6 Å². The zero-order chi connectivity index (χ0) is 14.1. The van der Waals surface area contributed by atoms with Gasteiger partial charge in [-0.25, -0.2) is 4.39 Å². The van der Waals surface area contributed by atoms with Crippen molar-refractivity contribution in [2.45, 2.75) is 13.0 Å². The fourth-order valence-corrected chi connectivity index (χ4v) is 1.91. The van der Waals surface area contributed by atoms with Crippen LogP contribution < -0.4 is 5.32 Å². The molecular weight excluding hydrogens is 317 g/mol. The topological polar surface area (TPSA) is 50.7 Å². The number of rotatable bonds is 9. The summed E-state index contributed by atoms with van der Waals surface area (Å²) in [6.07, 6.45) is -0.701. The fourth-order valence-electron chi connectivity index (χ4n) is 1.43. The van der Waals surface area contributed by atoms with Crippen LogP contribution in [-0.4, -0.2) is 44.2 Å². The Kier molecular flexibility index (Phi) is 7.97. The number of nitrogens with one attached hydrogen (secondary N) is 1. The van der Waals surface area contributed by atoms with Gasteiger partial charge in [0.2, 0.25) is 0 Å². The van der Waals surface area contributed by atoms with Gasteiger partial charge in [0.1, 0.15) is 5.82 Å². The molecule has 0 saturated heterocycles. The largest absolute Gasteiger partial charge is 0.389 e. The van der Waals surface area contributed by atoms with Crippen molar-refractivity contribution in [3.8, 4) is 0 Å². The third-order valence-electron chi connectivity index (χ3n) is 2.36. The minimum atomic E-state index is -0.701. The molecule has 0 aromatic heterocycles. The molecular formula is C13H19BrFNO3. The normalized spacial score (nSPS) is 12.4. The maximum absolute atomic E-state index is 13.5. The predicted octanol–water partition coefficient (Wildman–Crippen LogP) is 2.41. The van der Waals surface area contributed by atoms with Gasteiger partial charge in [0.15, 0.2) is 0 Å². The first kappa shape index (κ1) is 16.4. The lowest BCUT2D eigenvalue weighted by Gasteiger charge is -2.14. The molecule has 0 aliphatic carbocycles. The summed E-state index contributed by atoms with van der Waals surface area (Å²) in [6.45, 7) is 3.91. The summed E-state index contributed by atoms with van der Waals surface area (Å²) in [5.41, 5.74) is 0.343. The Balaban J connectivity index is 2.24. The number of ether oxygens (including phenoxy) is 2. The highest BCUT2D eigenvalue weighted by Gasteiger charge is 2.09. The van der Waals surface area contributed by atoms with E-state index in [0.717, 1.165) is 0 Å². The van der Waals surface area contributed by atoms with E-state index in [-0.39, 0.29) is 19.0 Å². The van der Waals surface area contributed by atoms with E-state index in [2.05, 4.69) is 21.2 Å². The van der Waals surface area contributed by atoms with Gasteiger partial charge in [-0.15, -0.1) is 0 Å². The molecule has 0 aliphatic rings. The minimum absolute atomic E-state index is 0.187. The molecule has 4 nitrogen and oxygen atoms in total. The molecule has 0 aliphatic heterocycles. The Morgan fingerprint density at radius 1 is 1.37 bits per heavy atom. The lowest BCUT2D eigenvalue weighted by Crippen LogP contribution is -2.26. The molecule has 6 heteroatoms. The van der Waals surface area contributed by atoms with Crippen LogP contribution in [0.5, 0.6) is 0 Å². The molecule has 1 aromatic carbocycles. The van der Waals surface area contributed by atoms with Gasteiger partial charge in [-0.3, -0.25) is 0 Å². The van der Waals surface area contributed by atoms with E-state index in [1.807, 2.05) is 6.92 Å². The van der Waals surface area contributed by atoms with Gasteiger partial charge in [0.25, 0.3) is 0 Å². The van der Waals surface area contributed by atoms with Gasteiger partial charge in [-0.05, 0) is 35.0 Å². The smallest absolute Gasteiger partial charge is 0.147 e. The number of anilines is 1. The number of para-hydroxylation sites is 1. The summed E-state index contributed by atoms with van der Waals surface area (Å²) in [7, 11) is 0. The summed E-state index contributed by atoms with van der Waals surface area (Å²) in [5, 5.41) is 12.5. The van der Waals surface area contributed by atoms with Crippen LogP contribution in [-0.2, 0) is 9.47 Å². The number of hydrogen-bond donors (Lipinski definition) is 2.